The first-order chi connectivity index (χ1) is 9.43. The Kier molecular flexibility index (Phi) is 6.75. The average Bonchev–Trinajstić information content (AvgIpc) is 2.35. The van der Waals surface area contributed by atoms with Gasteiger partial charge in [-0.25, -0.2) is 0 Å². The topological polar surface area (TPSA) is 12.0 Å². The smallest absolute Gasteiger partial charge is 0.00778 e. The van der Waals surface area contributed by atoms with E-state index < -0.39 is 0 Å². The first-order valence-electron chi connectivity index (χ1n) is 8.25. The van der Waals surface area contributed by atoms with E-state index in [1.807, 2.05) is 0 Å². The summed E-state index contributed by atoms with van der Waals surface area (Å²) in [5, 5.41) is 3.69. The summed E-state index contributed by atoms with van der Waals surface area (Å²) in [6, 6.07) is 7.64. The van der Waals surface area contributed by atoms with E-state index in [4.69, 9.17) is 0 Å². The molecule has 0 spiro atoms. The van der Waals surface area contributed by atoms with Crippen LogP contribution in [0.15, 0.2) is 18.2 Å². The summed E-state index contributed by atoms with van der Waals surface area (Å²) in [5.74, 6) is 0. The first kappa shape index (κ1) is 17.2. The third-order valence-electron chi connectivity index (χ3n) is 4.14. The Labute approximate surface area is 126 Å². The summed E-state index contributed by atoms with van der Waals surface area (Å²) in [5.41, 5.74) is 4.61. The Morgan fingerprint density at radius 3 is 1.85 bits per heavy atom. The van der Waals surface area contributed by atoms with Crippen LogP contribution in [0.3, 0.4) is 0 Å². The largest absolute Gasteiger partial charge is 0.314 e. The lowest BCUT2D eigenvalue weighted by Gasteiger charge is -2.36. The normalized spacial score (nSPS) is 12.2. The molecule has 0 aliphatic heterocycles. The van der Waals surface area contributed by atoms with E-state index in [-0.39, 0.29) is 0 Å². The molecular formula is C19H33N. The van der Waals surface area contributed by atoms with Crippen molar-refractivity contribution in [3.63, 3.8) is 0 Å². The maximum Gasteiger partial charge on any atom is 0.00778 e. The fourth-order valence-electron chi connectivity index (χ4n) is 3.33. The number of nitrogens with one attached hydrogen (secondary N) is 1. The molecule has 1 nitrogen and oxygen atoms in total. The highest BCUT2D eigenvalue weighted by Gasteiger charge is 2.30. The second kappa shape index (κ2) is 7.83. The van der Waals surface area contributed by atoms with Crippen molar-refractivity contribution >= 4 is 0 Å². The molecule has 0 radical (unpaired) electrons. The Morgan fingerprint density at radius 2 is 1.45 bits per heavy atom. The zero-order valence-electron chi connectivity index (χ0n) is 14.3. The summed E-state index contributed by atoms with van der Waals surface area (Å²) in [6.45, 7) is 14.6. The molecule has 0 unspecified atom stereocenters. The first-order valence-corrected chi connectivity index (χ1v) is 8.25. The van der Waals surface area contributed by atoms with Crippen LogP contribution in [0.25, 0.3) is 0 Å². The molecule has 114 valence electrons. The molecule has 0 aliphatic rings. The fraction of sp³-hybridized carbons (Fsp3) is 0.684. The lowest BCUT2D eigenvalue weighted by molar-refractivity contribution is 0.324. The van der Waals surface area contributed by atoms with E-state index in [9.17, 15) is 0 Å². The minimum Gasteiger partial charge on any atom is -0.314 e. The molecule has 1 N–H and O–H groups in total. The molecule has 1 aromatic rings. The molecule has 0 saturated carbocycles. The average molecular weight is 275 g/mol. The van der Waals surface area contributed by atoms with Gasteiger partial charge in [0.25, 0.3) is 0 Å². The number of hydrogen-bond donors (Lipinski definition) is 1. The predicted octanol–water partition coefficient (Wildman–Crippen LogP) is 5.14. The van der Waals surface area contributed by atoms with E-state index >= 15 is 0 Å². The van der Waals surface area contributed by atoms with Gasteiger partial charge in [0.05, 0.1) is 0 Å². The van der Waals surface area contributed by atoms with E-state index in [0.717, 1.165) is 6.54 Å². The maximum absolute atomic E-state index is 3.69. The van der Waals surface area contributed by atoms with Crippen LogP contribution in [0.5, 0.6) is 0 Å². The van der Waals surface area contributed by atoms with Gasteiger partial charge >= 0.3 is 0 Å². The van der Waals surface area contributed by atoms with Gasteiger partial charge in [-0.1, -0.05) is 69.9 Å². The number of hydrogen-bond acceptors (Lipinski definition) is 1. The summed E-state index contributed by atoms with van der Waals surface area (Å²) >= 11 is 0. The molecule has 0 aromatic heterocycles. The summed E-state index contributed by atoms with van der Waals surface area (Å²) in [4.78, 5) is 0. The van der Waals surface area contributed by atoms with Crippen molar-refractivity contribution in [2.45, 2.75) is 78.7 Å². The Hall–Kier alpha value is -0.820. The highest BCUT2D eigenvalue weighted by molar-refractivity contribution is 5.34. The van der Waals surface area contributed by atoms with Gasteiger partial charge in [-0.3, -0.25) is 0 Å². The minimum atomic E-state index is 0.296. The standard InChI is InChI=1S/C19H33N/c1-7-9-19(10-8-2,14-20-15(3)4)18-12-16(5)11-17(6)13-18/h11-13,15,20H,7-10,14H2,1-6H3. The predicted molar refractivity (Wildman–Crippen MR) is 90.5 cm³/mol. The van der Waals surface area contributed by atoms with Crippen molar-refractivity contribution in [3.8, 4) is 0 Å². The van der Waals surface area contributed by atoms with Gasteiger partial charge in [-0.15, -0.1) is 0 Å². The van der Waals surface area contributed by atoms with Crippen LogP contribution in [0.2, 0.25) is 0 Å². The molecule has 1 rings (SSSR count). The van der Waals surface area contributed by atoms with E-state index in [1.54, 1.807) is 0 Å². The molecule has 20 heavy (non-hydrogen) atoms. The van der Waals surface area contributed by atoms with Gasteiger partial charge in [0, 0.05) is 18.0 Å². The second-order valence-electron chi connectivity index (χ2n) is 6.69. The van der Waals surface area contributed by atoms with Crippen molar-refractivity contribution < 1.29 is 0 Å². The highest BCUT2D eigenvalue weighted by atomic mass is 14.9. The van der Waals surface area contributed by atoms with Gasteiger partial charge in [0.1, 0.15) is 0 Å². The Bertz CT molecular complexity index is 380. The van der Waals surface area contributed by atoms with Crippen LogP contribution in [-0.2, 0) is 5.41 Å². The minimum absolute atomic E-state index is 0.296. The monoisotopic (exact) mass is 275 g/mol. The summed E-state index contributed by atoms with van der Waals surface area (Å²) in [6.07, 6.45) is 5.02. The van der Waals surface area contributed by atoms with E-state index in [1.165, 1.54) is 42.4 Å². The molecule has 0 amide bonds. The SMILES string of the molecule is CCCC(CCC)(CNC(C)C)c1cc(C)cc(C)c1. The van der Waals surface area contributed by atoms with Gasteiger partial charge in [-0.2, -0.15) is 0 Å². The van der Waals surface area contributed by atoms with Crippen LogP contribution in [-0.4, -0.2) is 12.6 Å². The molecule has 0 atom stereocenters. The molecule has 0 bridgehead atoms. The van der Waals surface area contributed by atoms with Crippen molar-refractivity contribution in [1.82, 2.24) is 5.32 Å². The van der Waals surface area contributed by atoms with Crippen molar-refractivity contribution in [3.05, 3.63) is 34.9 Å². The van der Waals surface area contributed by atoms with Crippen LogP contribution in [0.1, 0.15) is 70.1 Å². The lowest BCUT2D eigenvalue weighted by atomic mass is 9.72. The molecular weight excluding hydrogens is 242 g/mol. The number of benzene rings is 1. The second-order valence-corrected chi connectivity index (χ2v) is 6.69. The molecule has 1 heteroatoms. The van der Waals surface area contributed by atoms with Gasteiger partial charge in [0.15, 0.2) is 0 Å². The van der Waals surface area contributed by atoms with Gasteiger partial charge < -0.3 is 5.32 Å². The zero-order chi connectivity index (χ0) is 15.2. The molecule has 0 heterocycles. The van der Waals surface area contributed by atoms with E-state index in [2.05, 4.69) is 65.1 Å². The van der Waals surface area contributed by atoms with Crippen LogP contribution in [0.4, 0.5) is 0 Å². The number of rotatable bonds is 8. The fourth-order valence-corrected chi connectivity index (χ4v) is 3.33. The molecule has 0 aliphatic carbocycles. The van der Waals surface area contributed by atoms with Crippen LogP contribution in [0, 0.1) is 13.8 Å². The van der Waals surface area contributed by atoms with E-state index in [0.29, 0.717) is 11.5 Å². The maximum atomic E-state index is 3.69. The van der Waals surface area contributed by atoms with Crippen molar-refractivity contribution in [2.75, 3.05) is 6.54 Å². The summed E-state index contributed by atoms with van der Waals surface area (Å²) < 4.78 is 0. The van der Waals surface area contributed by atoms with Crippen LogP contribution < -0.4 is 5.32 Å². The third-order valence-corrected chi connectivity index (χ3v) is 4.14. The summed E-state index contributed by atoms with van der Waals surface area (Å²) in [7, 11) is 0. The van der Waals surface area contributed by atoms with Crippen molar-refractivity contribution in [2.24, 2.45) is 0 Å². The quantitative estimate of drug-likeness (QED) is 0.692. The Balaban J connectivity index is 3.17. The highest BCUT2D eigenvalue weighted by Crippen LogP contribution is 2.35. The molecule has 0 fully saturated rings. The van der Waals surface area contributed by atoms with Crippen molar-refractivity contribution in [1.29, 1.82) is 0 Å². The molecule has 0 saturated heterocycles. The number of aryl methyl sites for hydroxylation is 2. The van der Waals surface area contributed by atoms with Crippen LogP contribution >= 0.6 is 0 Å². The molecule has 1 aromatic carbocycles. The zero-order valence-corrected chi connectivity index (χ0v) is 14.3. The lowest BCUT2D eigenvalue weighted by Crippen LogP contribution is -2.41. The third kappa shape index (κ3) is 4.63. The Morgan fingerprint density at radius 1 is 0.950 bits per heavy atom. The van der Waals surface area contributed by atoms with Gasteiger partial charge in [-0.05, 0) is 32.3 Å². The van der Waals surface area contributed by atoms with Gasteiger partial charge in [0.2, 0.25) is 0 Å².